The Bertz CT molecular complexity index is 490. The molecule has 21 heavy (non-hydrogen) atoms. The lowest BCUT2D eigenvalue weighted by atomic mass is 9.83. The van der Waals surface area contributed by atoms with E-state index < -0.39 is 0 Å². The maximum atomic E-state index is 12.1. The predicted octanol–water partition coefficient (Wildman–Crippen LogP) is 2.91. The van der Waals surface area contributed by atoms with E-state index in [0.29, 0.717) is 18.8 Å². The van der Waals surface area contributed by atoms with Gasteiger partial charge in [-0.1, -0.05) is 38.8 Å². The van der Waals surface area contributed by atoms with Crippen molar-refractivity contribution in [2.24, 2.45) is 5.41 Å². The van der Waals surface area contributed by atoms with Gasteiger partial charge in [-0.25, -0.2) is 4.68 Å². The topological polar surface area (TPSA) is 67.2 Å². The molecule has 0 aromatic carbocycles. The summed E-state index contributed by atoms with van der Waals surface area (Å²) in [5, 5.41) is 17.0. The number of hydrogen-bond acceptors (Lipinski definition) is 4. The lowest BCUT2D eigenvalue weighted by Gasteiger charge is -2.30. The van der Waals surface area contributed by atoms with Gasteiger partial charge in [-0.3, -0.25) is 4.79 Å². The van der Waals surface area contributed by atoms with Crippen LogP contribution in [0.3, 0.4) is 0 Å². The van der Waals surface area contributed by atoms with Gasteiger partial charge in [0.1, 0.15) is 5.02 Å². The van der Waals surface area contributed by atoms with Crippen molar-refractivity contribution in [3.8, 4) is 0 Å². The van der Waals surface area contributed by atoms with Crippen molar-refractivity contribution in [2.45, 2.75) is 53.0 Å². The van der Waals surface area contributed by atoms with E-state index in [-0.39, 0.29) is 22.6 Å². The van der Waals surface area contributed by atoms with Gasteiger partial charge in [0.15, 0.2) is 0 Å². The van der Waals surface area contributed by atoms with Gasteiger partial charge in [0, 0.05) is 18.5 Å². The Morgan fingerprint density at radius 1 is 1.38 bits per heavy atom. The van der Waals surface area contributed by atoms with Crippen LogP contribution in [0.15, 0.2) is 11.0 Å². The summed E-state index contributed by atoms with van der Waals surface area (Å²) in [4.78, 5) is 12.1. The summed E-state index contributed by atoms with van der Waals surface area (Å²) < 4.78 is 1.40. The third-order valence-corrected chi connectivity index (χ3v) is 4.56. The highest BCUT2D eigenvalue weighted by atomic mass is 35.5. The van der Waals surface area contributed by atoms with Gasteiger partial charge in [-0.15, -0.1) is 0 Å². The molecule has 0 unspecified atom stereocenters. The summed E-state index contributed by atoms with van der Waals surface area (Å²) in [5.74, 6) is 0. The van der Waals surface area contributed by atoms with E-state index in [0.717, 1.165) is 25.7 Å². The second kappa shape index (κ2) is 8.39. The molecule has 0 aliphatic heterocycles. The number of rotatable bonds is 9. The minimum atomic E-state index is -0.266. The molecule has 0 saturated carbocycles. The van der Waals surface area contributed by atoms with Gasteiger partial charge in [0.25, 0.3) is 5.56 Å². The fraction of sp³-hybridized carbons (Fsp3) is 0.733. The van der Waals surface area contributed by atoms with Crippen LogP contribution < -0.4 is 10.9 Å². The number of aryl methyl sites for hydroxylation is 1. The van der Waals surface area contributed by atoms with Crippen molar-refractivity contribution >= 4 is 17.3 Å². The van der Waals surface area contributed by atoms with Gasteiger partial charge < -0.3 is 10.4 Å². The van der Waals surface area contributed by atoms with Crippen LogP contribution in [0.25, 0.3) is 0 Å². The Balaban J connectivity index is 2.86. The third kappa shape index (κ3) is 4.45. The highest BCUT2D eigenvalue weighted by Crippen LogP contribution is 2.27. The number of hydrogen-bond donors (Lipinski definition) is 2. The van der Waals surface area contributed by atoms with Crippen molar-refractivity contribution in [1.29, 1.82) is 0 Å². The normalized spacial score (nSPS) is 11.7. The second-order valence-electron chi connectivity index (χ2n) is 5.47. The van der Waals surface area contributed by atoms with E-state index in [9.17, 15) is 9.90 Å². The molecule has 0 bridgehead atoms. The molecule has 0 amide bonds. The maximum Gasteiger partial charge on any atom is 0.287 e. The molecule has 0 aliphatic rings. The second-order valence-corrected chi connectivity index (χ2v) is 5.85. The SMILES string of the molecule is CCCCn1ncc(NCC(CC)(CC)CO)c(Cl)c1=O. The molecular formula is C15H26ClN3O2. The number of aliphatic hydroxyl groups is 1. The Morgan fingerprint density at radius 3 is 2.57 bits per heavy atom. The van der Waals surface area contributed by atoms with Crippen molar-refractivity contribution < 1.29 is 5.11 Å². The summed E-state index contributed by atoms with van der Waals surface area (Å²) in [6.45, 7) is 7.41. The average molecular weight is 316 g/mol. The van der Waals surface area contributed by atoms with Crippen LogP contribution in [0, 0.1) is 5.41 Å². The quantitative estimate of drug-likeness (QED) is 0.735. The molecule has 2 N–H and O–H groups in total. The Morgan fingerprint density at radius 2 is 2.05 bits per heavy atom. The molecule has 0 atom stereocenters. The van der Waals surface area contributed by atoms with E-state index in [1.165, 1.54) is 4.68 Å². The van der Waals surface area contributed by atoms with E-state index in [1.807, 2.05) is 13.8 Å². The van der Waals surface area contributed by atoms with Crippen LogP contribution in [0.1, 0.15) is 46.5 Å². The summed E-state index contributed by atoms with van der Waals surface area (Å²) in [6, 6.07) is 0. The molecule has 1 heterocycles. The van der Waals surface area contributed by atoms with Crippen molar-refractivity contribution in [3.63, 3.8) is 0 Å². The zero-order valence-corrected chi connectivity index (χ0v) is 13.9. The summed E-state index contributed by atoms with van der Waals surface area (Å²) in [5.41, 5.74) is 0.0762. The summed E-state index contributed by atoms with van der Waals surface area (Å²) in [7, 11) is 0. The fourth-order valence-corrected chi connectivity index (χ4v) is 2.33. The molecule has 0 saturated heterocycles. The molecule has 1 rings (SSSR count). The average Bonchev–Trinajstić information content (AvgIpc) is 2.52. The number of unbranched alkanes of at least 4 members (excludes halogenated alkanes) is 1. The first-order chi connectivity index (χ1) is 10.0. The number of nitrogens with zero attached hydrogens (tertiary/aromatic N) is 2. The van der Waals surface area contributed by atoms with Crippen LogP contribution in [0.2, 0.25) is 5.02 Å². The molecule has 0 spiro atoms. The third-order valence-electron chi connectivity index (χ3n) is 4.20. The number of aliphatic hydroxyl groups excluding tert-OH is 1. The zero-order chi connectivity index (χ0) is 15.9. The number of anilines is 1. The lowest BCUT2D eigenvalue weighted by molar-refractivity contribution is 0.127. The van der Waals surface area contributed by atoms with Crippen molar-refractivity contribution in [1.82, 2.24) is 9.78 Å². The first-order valence-electron chi connectivity index (χ1n) is 7.64. The molecule has 0 aliphatic carbocycles. The zero-order valence-electron chi connectivity index (χ0n) is 13.2. The van der Waals surface area contributed by atoms with Crippen LogP contribution >= 0.6 is 11.6 Å². The molecule has 1 aromatic heterocycles. The van der Waals surface area contributed by atoms with Gasteiger partial charge >= 0.3 is 0 Å². The van der Waals surface area contributed by atoms with Crippen molar-refractivity contribution in [2.75, 3.05) is 18.5 Å². The van der Waals surface area contributed by atoms with Gasteiger partial charge in [0.2, 0.25) is 0 Å². The summed E-state index contributed by atoms with van der Waals surface area (Å²) >= 11 is 6.14. The van der Waals surface area contributed by atoms with Crippen LogP contribution in [0.5, 0.6) is 0 Å². The Labute approximate surface area is 131 Å². The highest BCUT2D eigenvalue weighted by Gasteiger charge is 2.25. The highest BCUT2D eigenvalue weighted by molar-refractivity contribution is 6.32. The molecule has 120 valence electrons. The first-order valence-corrected chi connectivity index (χ1v) is 8.01. The Kier molecular flexibility index (Phi) is 7.18. The molecular weight excluding hydrogens is 290 g/mol. The van der Waals surface area contributed by atoms with E-state index in [4.69, 9.17) is 11.6 Å². The molecule has 0 radical (unpaired) electrons. The molecule has 6 heteroatoms. The maximum absolute atomic E-state index is 12.1. The fourth-order valence-electron chi connectivity index (χ4n) is 2.12. The minimum absolute atomic E-state index is 0.103. The minimum Gasteiger partial charge on any atom is -0.396 e. The Hall–Kier alpha value is -1.07. The van der Waals surface area contributed by atoms with Crippen LogP contribution in [-0.4, -0.2) is 28.0 Å². The predicted molar refractivity (Wildman–Crippen MR) is 87.0 cm³/mol. The van der Waals surface area contributed by atoms with E-state index >= 15 is 0 Å². The summed E-state index contributed by atoms with van der Waals surface area (Å²) in [6.07, 6.45) is 5.19. The molecule has 5 nitrogen and oxygen atoms in total. The molecule has 1 aromatic rings. The van der Waals surface area contributed by atoms with E-state index in [2.05, 4.69) is 17.3 Å². The lowest BCUT2D eigenvalue weighted by Crippen LogP contribution is -2.33. The van der Waals surface area contributed by atoms with Gasteiger partial charge in [-0.05, 0) is 19.3 Å². The van der Waals surface area contributed by atoms with Crippen LogP contribution in [-0.2, 0) is 6.54 Å². The standard InChI is InChI=1S/C15H26ClN3O2/c1-4-7-8-19-14(21)13(16)12(9-18-19)17-10-15(5-2,6-3)11-20/h9,17,20H,4-8,10-11H2,1-3H3. The largest absolute Gasteiger partial charge is 0.396 e. The molecule has 0 fully saturated rings. The van der Waals surface area contributed by atoms with Crippen molar-refractivity contribution in [3.05, 3.63) is 21.6 Å². The first kappa shape index (κ1) is 18.0. The van der Waals surface area contributed by atoms with Gasteiger partial charge in [0.05, 0.1) is 18.5 Å². The van der Waals surface area contributed by atoms with Gasteiger partial charge in [-0.2, -0.15) is 5.10 Å². The number of aromatic nitrogens is 2. The van der Waals surface area contributed by atoms with Crippen LogP contribution in [0.4, 0.5) is 5.69 Å². The number of halogens is 1. The smallest absolute Gasteiger partial charge is 0.287 e. The monoisotopic (exact) mass is 315 g/mol. The van der Waals surface area contributed by atoms with E-state index in [1.54, 1.807) is 6.20 Å². The number of nitrogens with one attached hydrogen (secondary N) is 1.